The average molecular weight is 365 g/mol. The van der Waals surface area contributed by atoms with Crippen molar-refractivity contribution in [3.63, 3.8) is 0 Å². The third kappa shape index (κ3) is 3.96. The molecule has 0 radical (unpaired) electrons. The average Bonchev–Trinajstić information content (AvgIpc) is 3.16. The number of ether oxygens (including phenoxy) is 1. The lowest BCUT2D eigenvalue weighted by molar-refractivity contribution is -0.140. The Morgan fingerprint density at radius 3 is 2.38 bits per heavy atom. The summed E-state index contributed by atoms with van der Waals surface area (Å²) in [7, 11) is 0. The highest BCUT2D eigenvalue weighted by Gasteiger charge is 2.47. The summed E-state index contributed by atoms with van der Waals surface area (Å²) in [6, 6.07) is 0. The zero-order valence-corrected chi connectivity index (χ0v) is 16.0. The van der Waals surface area contributed by atoms with Crippen LogP contribution < -0.4 is 0 Å². The molecule has 3 heterocycles. The maximum Gasteiger partial charge on any atom is 0.410 e. The van der Waals surface area contributed by atoms with Crippen molar-refractivity contribution in [2.75, 3.05) is 39.3 Å². The van der Waals surface area contributed by atoms with E-state index in [9.17, 15) is 14.4 Å². The number of amides is 3. The van der Waals surface area contributed by atoms with Crippen molar-refractivity contribution in [3.8, 4) is 0 Å². The minimum atomic E-state index is -0.441. The lowest BCUT2D eigenvalue weighted by atomic mass is 9.91. The van der Waals surface area contributed by atoms with E-state index in [2.05, 4.69) is 13.8 Å². The first-order chi connectivity index (χ1) is 12.5. The molecule has 3 fully saturated rings. The summed E-state index contributed by atoms with van der Waals surface area (Å²) in [4.78, 5) is 41.8. The van der Waals surface area contributed by atoms with Crippen molar-refractivity contribution in [1.29, 1.82) is 0 Å². The smallest absolute Gasteiger partial charge is 0.410 e. The summed E-state index contributed by atoms with van der Waals surface area (Å²) in [5, 5.41) is 0. The van der Waals surface area contributed by atoms with E-state index in [4.69, 9.17) is 4.74 Å². The number of rotatable bonds is 6. The molecule has 0 atom stereocenters. The molecule has 7 heteroatoms. The number of piperidine rings is 1. The van der Waals surface area contributed by atoms with Crippen LogP contribution in [0.4, 0.5) is 4.79 Å². The van der Waals surface area contributed by atoms with Crippen LogP contribution >= 0.6 is 0 Å². The van der Waals surface area contributed by atoms with Crippen molar-refractivity contribution in [2.45, 2.75) is 58.0 Å². The summed E-state index contributed by atoms with van der Waals surface area (Å²) < 4.78 is 5.76. The van der Waals surface area contributed by atoms with Crippen molar-refractivity contribution in [3.05, 3.63) is 0 Å². The number of carbonyl (C=O) groups excluding carboxylic acids is 3. The van der Waals surface area contributed by atoms with Gasteiger partial charge in [-0.1, -0.05) is 26.7 Å². The monoisotopic (exact) mass is 365 g/mol. The molecule has 0 unspecified atom stereocenters. The lowest BCUT2D eigenvalue weighted by Crippen LogP contribution is -2.51. The van der Waals surface area contributed by atoms with Crippen LogP contribution in [-0.2, 0) is 14.3 Å². The Morgan fingerprint density at radius 2 is 1.81 bits per heavy atom. The fourth-order valence-electron chi connectivity index (χ4n) is 4.25. The Kier molecular flexibility index (Phi) is 5.73. The summed E-state index contributed by atoms with van der Waals surface area (Å²) in [5.74, 6) is 0.597. The SMILES string of the molecule is CCC(CC)CN1CC2(CCN(C(=O)CN3CCCC3=O)CC2)OC1=O. The first kappa shape index (κ1) is 19.0. The van der Waals surface area contributed by atoms with Crippen LogP contribution in [0.2, 0.25) is 0 Å². The highest BCUT2D eigenvalue weighted by molar-refractivity contribution is 5.86. The van der Waals surface area contributed by atoms with Gasteiger partial charge in [0, 0.05) is 45.4 Å². The van der Waals surface area contributed by atoms with Crippen LogP contribution in [0.1, 0.15) is 52.4 Å². The van der Waals surface area contributed by atoms with Gasteiger partial charge < -0.3 is 19.4 Å². The first-order valence-corrected chi connectivity index (χ1v) is 10.00. The van der Waals surface area contributed by atoms with Gasteiger partial charge in [-0.25, -0.2) is 4.79 Å². The molecule has 3 aliphatic heterocycles. The second-order valence-electron chi connectivity index (χ2n) is 7.91. The molecule has 0 aromatic heterocycles. The van der Waals surface area contributed by atoms with Crippen molar-refractivity contribution in [1.82, 2.24) is 14.7 Å². The van der Waals surface area contributed by atoms with Gasteiger partial charge in [0.05, 0.1) is 13.1 Å². The molecule has 0 N–H and O–H groups in total. The Bertz CT molecular complexity index is 553. The van der Waals surface area contributed by atoms with Gasteiger partial charge >= 0.3 is 6.09 Å². The Hall–Kier alpha value is -1.79. The normalized spacial score (nSPS) is 22.7. The van der Waals surface area contributed by atoms with E-state index in [1.807, 2.05) is 9.80 Å². The molecular weight excluding hydrogens is 334 g/mol. The molecule has 26 heavy (non-hydrogen) atoms. The van der Waals surface area contributed by atoms with Gasteiger partial charge in [-0.3, -0.25) is 9.59 Å². The zero-order valence-electron chi connectivity index (χ0n) is 16.0. The summed E-state index contributed by atoms with van der Waals surface area (Å²) >= 11 is 0. The van der Waals surface area contributed by atoms with Crippen molar-refractivity contribution >= 4 is 17.9 Å². The first-order valence-electron chi connectivity index (χ1n) is 10.00. The summed E-state index contributed by atoms with van der Waals surface area (Å²) in [6.45, 7) is 7.75. The maximum atomic E-state index is 12.5. The van der Waals surface area contributed by atoms with Crippen LogP contribution in [0, 0.1) is 5.92 Å². The predicted octanol–water partition coefficient (Wildman–Crippen LogP) is 1.86. The second kappa shape index (κ2) is 7.84. The zero-order chi connectivity index (χ0) is 18.7. The van der Waals surface area contributed by atoms with Crippen LogP contribution in [-0.4, -0.2) is 77.5 Å². The van der Waals surface area contributed by atoms with Crippen LogP contribution in [0.15, 0.2) is 0 Å². The standard InChI is InChI=1S/C19H31N3O4/c1-3-15(4-2)12-22-14-19(26-18(22)25)7-10-20(11-8-19)17(24)13-21-9-5-6-16(21)23/h15H,3-14H2,1-2H3. The van der Waals surface area contributed by atoms with E-state index in [1.165, 1.54) is 0 Å². The van der Waals surface area contributed by atoms with E-state index in [-0.39, 0.29) is 24.5 Å². The Morgan fingerprint density at radius 1 is 1.12 bits per heavy atom. The van der Waals surface area contributed by atoms with Crippen molar-refractivity contribution in [2.24, 2.45) is 5.92 Å². The summed E-state index contributed by atoms with van der Waals surface area (Å²) in [6.07, 6.45) is 4.67. The topological polar surface area (TPSA) is 70.2 Å². The van der Waals surface area contributed by atoms with Gasteiger partial charge in [-0.15, -0.1) is 0 Å². The fourth-order valence-corrected chi connectivity index (χ4v) is 4.25. The third-order valence-corrected chi connectivity index (χ3v) is 6.20. The molecule has 1 spiro atoms. The van der Waals surface area contributed by atoms with Gasteiger partial charge in [0.2, 0.25) is 11.8 Å². The van der Waals surface area contributed by atoms with Crippen LogP contribution in [0.3, 0.4) is 0 Å². The van der Waals surface area contributed by atoms with Gasteiger partial charge in [0.15, 0.2) is 0 Å². The van der Waals surface area contributed by atoms with E-state index in [0.29, 0.717) is 51.4 Å². The number of likely N-dealkylation sites (tertiary alicyclic amines) is 2. The van der Waals surface area contributed by atoms with Crippen LogP contribution in [0.5, 0.6) is 0 Å². The number of nitrogens with zero attached hydrogens (tertiary/aromatic N) is 3. The highest BCUT2D eigenvalue weighted by Crippen LogP contribution is 2.34. The van der Waals surface area contributed by atoms with Crippen molar-refractivity contribution < 1.29 is 19.1 Å². The number of hydrogen-bond donors (Lipinski definition) is 0. The highest BCUT2D eigenvalue weighted by atomic mass is 16.6. The van der Waals surface area contributed by atoms with E-state index >= 15 is 0 Å². The molecule has 3 saturated heterocycles. The predicted molar refractivity (Wildman–Crippen MR) is 96.5 cm³/mol. The largest absolute Gasteiger partial charge is 0.441 e. The number of hydrogen-bond acceptors (Lipinski definition) is 4. The molecule has 3 rings (SSSR count). The molecule has 3 aliphatic rings. The van der Waals surface area contributed by atoms with Crippen LogP contribution in [0.25, 0.3) is 0 Å². The second-order valence-corrected chi connectivity index (χ2v) is 7.91. The van der Waals surface area contributed by atoms with E-state index < -0.39 is 5.60 Å². The third-order valence-electron chi connectivity index (χ3n) is 6.20. The summed E-state index contributed by atoms with van der Waals surface area (Å²) in [5.41, 5.74) is -0.441. The lowest BCUT2D eigenvalue weighted by Gasteiger charge is -2.38. The minimum Gasteiger partial charge on any atom is -0.441 e. The van der Waals surface area contributed by atoms with Gasteiger partial charge in [-0.05, 0) is 12.3 Å². The van der Waals surface area contributed by atoms with E-state index in [1.54, 1.807) is 4.90 Å². The Balaban J connectivity index is 1.50. The number of carbonyl (C=O) groups is 3. The molecule has 0 aromatic rings. The molecule has 146 valence electrons. The quantitative estimate of drug-likeness (QED) is 0.720. The van der Waals surface area contributed by atoms with E-state index in [0.717, 1.165) is 25.8 Å². The van der Waals surface area contributed by atoms with Gasteiger partial charge in [0.1, 0.15) is 5.60 Å². The molecular formula is C19H31N3O4. The Labute approximate surface area is 155 Å². The van der Waals surface area contributed by atoms with Gasteiger partial charge in [-0.2, -0.15) is 0 Å². The molecule has 0 aliphatic carbocycles. The molecule has 3 amide bonds. The maximum absolute atomic E-state index is 12.5. The van der Waals surface area contributed by atoms with Gasteiger partial charge in [0.25, 0.3) is 0 Å². The molecule has 7 nitrogen and oxygen atoms in total. The fraction of sp³-hybridized carbons (Fsp3) is 0.842. The molecule has 0 aromatic carbocycles. The minimum absolute atomic E-state index is 0.00769. The molecule has 0 bridgehead atoms. The molecule has 0 saturated carbocycles.